The lowest BCUT2D eigenvalue weighted by molar-refractivity contribution is -0.119. The van der Waals surface area contributed by atoms with Crippen molar-refractivity contribution >= 4 is 16.7 Å². The van der Waals surface area contributed by atoms with Gasteiger partial charge in [0, 0.05) is 29.4 Å². The first kappa shape index (κ1) is 9.58. The van der Waals surface area contributed by atoms with E-state index in [1.165, 1.54) is 0 Å². The number of nitrogens with one attached hydrogen (secondary N) is 1. The van der Waals surface area contributed by atoms with Gasteiger partial charge in [-0.2, -0.15) is 0 Å². The maximum atomic E-state index is 10.5. The van der Waals surface area contributed by atoms with Gasteiger partial charge in [-0.25, -0.2) is 0 Å². The van der Waals surface area contributed by atoms with Crippen molar-refractivity contribution in [2.75, 3.05) is 25.1 Å². The molecule has 5 heteroatoms. The lowest BCUT2D eigenvalue weighted by atomic mass is 10.6. The zero-order valence-corrected chi connectivity index (χ0v) is 6.74. The molecule has 4 nitrogen and oxygen atoms in total. The fourth-order valence-corrected chi connectivity index (χ4v) is 0.796. The van der Waals surface area contributed by atoms with E-state index in [-0.39, 0.29) is 12.5 Å². The van der Waals surface area contributed by atoms with E-state index < -0.39 is 10.8 Å². The predicted molar refractivity (Wildman–Crippen MR) is 41.0 cm³/mol. The molecule has 60 valence electrons. The van der Waals surface area contributed by atoms with Crippen molar-refractivity contribution in [2.45, 2.75) is 0 Å². The summed E-state index contributed by atoms with van der Waals surface area (Å²) in [6.45, 7) is 0.440. The van der Waals surface area contributed by atoms with Crippen molar-refractivity contribution in [3.63, 3.8) is 0 Å². The molecular weight excluding hydrogens is 152 g/mol. The summed E-state index contributed by atoms with van der Waals surface area (Å²) >= 11 is 0. The van der Waals surface area contributed by atoms with E-state index in [0.29, 0.717) is 12.3 Å². The van der Waals surface area contributed by atoms with Gasteiger partial charge in [-0.3, -0.25) is 9.00 Å². The Morgan fingerprint density at radius 2 is 2.30 bits per heavy atom. The first-order chi connectivity index (χ1) is 4.66. The van der Waals surface area contributed by atoms with Crippen LogP contribution in [-0.4, -0.2) is 35.2 Å². The molecule has 1 unspecified atom stereocenters. The van der Waals surface area contributed by atoms with E-state index in [9.17, 15) is 9.00 Å². The number of hydrogen-bond acceptors (Lipinski definition) is 3. The molecular formula is C5H12N2O2S. The Hall–Kier alpha value is -0.420. The van der Waals surface area contributed by atoms with Gasteiger partial charge in [0.15, 0.2) is 0 Å². The fraction of sp³-hybridized carbons (Fsp3) is 0.800. The summed E-state index contributed by atoms with van der Waals surface area (Å²) < 4.78 is 10.4. The summed E-state index contributed by atoms with van der Waals surface area (Å²) in [6.07, 6.45) is 1.59. The van der Waals surface area contributed by atoms with E-state index in [0.717, 1.165) is 0 Å². The van der Waals surface area contributed by atoms with Crippen LogP contribution in [0.3, 0.4) is 0 Å². The summed E-state index contributed by atoms with van der Waals surface area (Å²) in [5.74, 6) is 0.289. The first-order valence-electron chi connectivity index (χ1n) is 2.93. The average molecular weight is 164 g/mol. The summed E-state index contributed by atoms with van der Waals surface area (Å²) in [7, 11) is -0.840. The van der Waals surface area contributed by atoms with E-state index in [1.54, 1.807) is 6.26 Å². The van der Waals surface area contributed by atoms with Crippen LogP contribution in [-0.2, 0) is 15.6 Å². The molecule has 0 fully saturated rings. The Labute approximate surface area is 62.6 Å². The third-order valence-electron chi connectivity index (χ3n) is 0.897. The Kier molecular flexibility index (Phi) is 5.15. The van der Waals surface area contributed by atoms with Gasteiger partial charge < -0.3 is 11.1 Å². The van der Waals surface area contributed by atoms with Crippen molar-refractivity contribution < 1.29 is 9.00 Å². The van der Waals surface area contributed by atoms with E-state index >= 15 is 0 Å². The Bertz CT molecular complexity index is 138. The predicted octanol–water partition coefficient (Wildman–Crippen LogP) is -1.56. The van der Waals surface area contributed by atoms with Crippen LogP contribution < -0.4 is 11.1 Å². The van der Waals surface area contributed by atoms with Crippen LogP contribution in [0, 0.1) is 0 Å². The van der Waals surface area contributed by atoms with Crippen molar-refractivity contribution in [1.29, 1.82) is 0 Å². The van der Waals surface area contributed by atoms with E-state index in [2.05, 4.69) is 5.32 Å². The Morgan fingerprint density at radius 1 is 1.70 bits per heavy atom. The lowest BCUT2D eigenvalue weighted by Crippen LogP contribution is -2.32. The summed E-state index contributed by atoms with van der Waals surface area (Å²) in [6, 6.07) is 0. The number of hydrogen-bond donors (Lipinski definition) is 2. The molecule has 0 saturated carbocycles. The maximum Gasteiger partial charge on any atom is 0.233 e. The summed E-state index contributed by atoms with van der Waals surface area (Å²) in [4.78, 5) is 10.5. The van der Waals surface area contributed by atoms with Crippen molar-refractivity contribution in [1.82, 2.24) is 5.32 Å². The molecule has 0 aromatic heterocycles. The van der Waals surface area contributed by atoms with Gasteiger partial charge in [0.2, 0.25) is 5.91 Å². The molecule has 3 N–H and O–H groups in total. The number of rotatable bonds is 4. The van der Waals surface area contributed by atoms with Crippen LogP contribution in [0.5, 0.6) is 0 Å². The standard InChI is InChI=1S/C5H12N2O2S/c1-10(9)3-2-7-5(8)4-6/h2-4,6H2,1H3,(H,7,8). The molecule has 0 spiro atoms. The molecule has 0 aliphatic rings. The molecule has 1 atom stereocenters. The van der Waals surface area contributed by atoms with Gasteiger partial charge in [0.1, 0.15) is 0 Å². The molecule has 10 heavy (non-hydrogen) atoms. The van der Waals surface area contributed by atoms with Gasteiger partial charge in [0.05, 0.1) is 6.54 Å². The monoisotopic (exact) mass is 164 g/mol. The van der Waals surface area contributed by atoms with Crippen LogP contribution >= 0.6 is 0 Å². The van der Waals surface area contributed by atoms with Crippen molar-refractivity contribution in [3.05, 3.63) is 0 Å². The minimum absolute atomic E-state index is 0.00362. The molecule has 0 aromatic rings. The van der Waals surface area contributed by atoms with Gasteiger partial charge in [-0.05, 0) is 0 Å². The van der Waals surface area contributed by atoms with Crippen LogP contribution in [0.4, 0.5) is 0 Å². The topological polar surface area (TPSA) is 72.2 Å². The number of nitrogens with two attached hydrogens (primary N) is 1. The van der Waals surface area contributed by atoms with Gasteiger partial charge in [-0.15, -0.1) is 0 Å². The third kappa shape index (κ3) is 5.71. The quantitative estimate of drug-likeness (QED) is 0.528. The fourth-order valence-electron chi connectivity index (χ4n) is 0.406. The maximum absolute atomic E-state index is 10.5. The molecule has 0 aliphatic heterocycles. The first-order valence-corrected chi connectivity index (χ1v) is 4.66. The van der Waals surface area contributed by atoms with Crippen LogP contribution in [0.15, 0.2) is 0 Å². The molecule has 0 saturated heterocycles. The number of amides is 1. The second-order valence-electron chi connectivity index (χ2n) is 1.83. The molecule has 0 aliphatic carbocycles. The zero-order valence-electron chi connectivity index (χ0n) is 5.92. The third-order valence-corrected chi connectivity index (χ3v) is 1.68. The molecule has 0 rings (SSSR count). The normalized spacial score (nSPS) is 12.6. The minimum Gasteiger partial charge on any atom is -0.354 e. The molecule has 0 bridgehead atoms. The van der Waals surface area contributed by atoms with Gasteiger partial charge in [-0.1, -0.05) is 0 Å². The Balaban J connectivity index is 3.20. The zero-order chi connectivity index (χ0) is 7.98. The second-order valence-corrected chi connectivity index (χ2v) is 3.39. The highest BCUT2D eigenvalue weighted by molar-refractivity contribution is 7.84. The summed E-state index contributed by atoms with van der Waals surface area (Å²) in [5, 5.41) is 2.51. The molecule has 0 aromatic carbocycles. The molecule has 1 amide bonds. The molecule has 0 radical (unpaired) electrons. The average Bonchev–Trinajstić information content (AvgIpc) is 1.87. The van der Waals surface area contributed by atoms with E-state index in [4.69, 9.17) is 5.73 Å². The second kappa shape index (κ2) is 5.37. The largest absolute Gasteiger partial charge is 0.354 e. The number of carbonyl (C=O) groups is 1. The van der Waals surface area contributed by atoms with Crippen molar-refractivity contribution in [3.8, 4) is 0 Å². The highest BCUT2D eigenvalue weighted by Crippen LogP contribution is 1.70. The number of carbonyl (C=O) groups excluding carboxylic acids is 1. The van der Waals surface area contributed by atoms with Gasteiger partial charge in [0.25, 0.3) is 0 Å². The van der Waals surface area contributed by atoms with Crippen molar-refractivity contribution in [2.24, 2.45) is 5.73 Å². The van der Waals surface area contributed by atoms with Crippen LogP contribution in [0.2, 0.25) is 0 Å². The highest BCUT2D eigenvalue weighted by atomic mass is 32.2. The van der Waals surface area contributed by atoms with Gasteiger partial charge >= 0.3 is 0 Å². The summed E-state index contributed by atoms with van der Waals surface area (Å²) in [5.41, 5.74) is 5.00. The Morgan fingerprint density at radius 3 is 2.70 bits per heavy atom. The SMILES string of the molecule is CS(=O)CCNC(=O)CN. The molecule has 0 heterocycles. The highest BCUT2D eigenvalue weighted by Gasteiger charge is 1.95. The van der Waals surface area contributed by atoms with E-state index in [1.807, 2.05) is 0 Å². The lowest BCUT2D eigenvalue weighted by Gasteiger charge is -1.99. The smallest absolute Gasteiger partial charge is 0.233 e. The van der Waals surface area contributed by atoms with Crippen LogP contribution in [0.25, 0.3) is 0 Å². The van der Waals surface area contributed by atoms with Crippen LogP contribution in [0.1, 0.15) is 0 Å². The minimum atomic E-state index is -0.840.